The number of nitrogens with zero attached hydrogens (tertiary/aromatic N) is 1. The summed E-state index contributed by atoms with van der Waals surface area (Å²) in [5.41, 5.74) is 9.90. The van der Waals surface area contributed by atoms with Crippen LogP contribution in [0, 0.1) is 11.3 Å². The summed E-state index contributed by atoms with van der Waals surface area (Å²) in [5, 5.41) is 19.9. The number of aliphatic imine (C=N–C) groups is 1. The Morgan fingerprint density at radius 2 is 1.39 bits per heavy atom. The van der Waals surface area contributed by atoms with Crippen LogP contribution in [0.15, 0.2) is 35.3 Å². The highest BCUT2D eigenvalue weighted by Gasteiger charge is 2.37. The highest BCUT2D eigenvalue weighted by atomic mass is 16.6. The lowest BCUT2D eigenvalue weighted by Gasteiger charge is -2.31. The standard InChI is InChI=1S/C34H55N7O8/c1-9-20(2)26(27(44)33(3,4)5)41-30(47)24(19-25(42)43)39-28(45)22(16-13-17-37-31(35)36)38-29(46)23(18-21-14-11-10-12-15-21)40-32(48)49-34(6,7)8/h10-12,14-15,20,22-24,26H,9,13,16-19H2,1-8H3,(H,38,46)(H,39,45)(H,40,48)(H,41,47)(H,42,43)(H4,35,36,37)/t20-,22-,23-,24-,26-/m0/s1. The Morgan fingerprint density at radius 3 is 1.90 bits per heavy atom. The second kappa shape index (κ2) is 19.3. The van der Waals surface area contributed by atoms with Gasteiger partial charge in [-0.05, 0) is 45.1 Å². The maximum Gasteiger partial charge on any atom is 0.408 e. The number of hydrogen-bond donors (Lipinski definition) is 7. The minimum Gasteiger partial charge on any atom is -0.481 e. The summed E-state index contributed by atoms with van der Waals surface area (Å²) in [6.07, 6.45) is -0.842. The first-order valence-electron chi connectivity index (χ1n) is 16.4. The van der Waals surface area contributed by atoms with Crippen LogP contribution in [0.2, 0.25) is 0 Å². The Balaban J connectivity index is 3.38. The molecule has 0 aliphatic rings. The van der Waals surface area contributed by atoms with Gasteiger partial charge in [-0.2, -0.15) is 0 Å². The molecule has 9 N–H and O–H groups in total. The summed E-state index contributed by atoms with van der Waals surface area (Å²) in [4.78, 5) is 82.4. The monoisotopic (exact) mass is 689 g/mol. The Labute approximate surface area is 288 Å². The first-order chi connectivity index (χ1) is 22.6. The van der Waals surface area contributed by atoms with Crippen LogP contribution >= 0.6 is 0 Å². The van der Waals surface area contributed by atoms with E-state index < -0.39 is 71.4 Å². The van der Waals surface area contributed by atoms with Crippen molar-refractivity contribution in [3.63, 3.8) is 0 Å². The average Bonchev–Trinajstić information content (AvgIpc) is 2.98. The molecule has 15 heteroatoms. The molecule has 1 aromatic carbocycles. The fraction of sp³-hybridized carbons (Fsp3) is 0.618. The number of ether oxygens (including phenoxy) is 1. The van der Waals surface area contributed by atoms with Crippen LogP contribution in [0.1, 0.15) is 86.6 Å². The molecule has 49 heavy (non-hydrogen) atoms. The van der Waals surface area contributed by atoms with Gasteiger partial charge in [-0.3, -0.25) is 29.0 Å². The molecule has 1 aromatic rings. The molecular formula is C34H55N7O8. The molecule has 0 radical (unpaired) electrons. The number of carboxylic acid groups (broad SMARTS) is 1. The summed E-state index contributed by atoms with van der Waals surface area (Å²) in [6.45, 7) is 13.9. The number of aliphatic carboxylic acids is 1. The van der Waals surface area contributed by atoms with Crippen molar-refractivity contribution in [2.24, 2.45) is 27.8 Å². The number of alkyl carbamates (subject to hydrolysis) is 1. The van der Waals surface area contributed by atoms with Gasteiger partial charge in [0.15, 0.2) is 11.7 Å². The molecule has 0 aliphatic carbocycles. The summed E-state index contributed by atoms with van der Waals surface area (Å²) < 4.78 is 5.35. The number of carboxylic acids is 1. The van der Waals surface area contributed by atoms with Gasteiger partial charge in [0.25, 0.3) is 0 Å². The van der Waals surface area contributed by atoms with Crippen LogP contribution in [0.5, 0.6) is 0 Å². The van der Waals surface area contributed by atoms with E-state index in [0.717, 1.165) is 0 Å². The van der Waals surface area contributed by atoms with E-state index in [1.165, 1.54) is 0 Å². The molecule has 0 unspecified atom stereocenters. The third-order valence-corrected chi connectivity index (χ3v) is 7.41. The number of carbonyl (C=O) groups excluding carboxylic acids is 5. The van der Waals surface area contributed by atoms with E-state index in [1.54, 1.807) is 78.8 Å². The smallest absolute Gasteiger partial charge is 0.408 e. The maximum atomic E-state index is 13.7. The number of carbonyl (C=O) groups is 6. The molecule has 274 valence electrons. The molecule has 5 atom stereocenters. The van der Waals surface area contributed by atoms with E-state index in [0.29, 0.717) is 12.0 Å². The number of Topliss-reactive ketones (excluding diaryl/α,β-unsaturated/α-hetero) is 1. The minimum atomic E-state index is -1.58. The van der Waals surface area contributed by atoms with Gasteiger partial charge in [-0.1, -0.05) is 71.4 Å². The summed E-state index contributed by atoms with van der Waals surface area (Å²) in [7, 11) is 0. The molecule has 0 fully saturated rings. The number of nitrogens with two attached hydrogens (primary N) is 2. The number of nitrogens with one attached hydrogen (secondary N) is 4. The van der Waals surface area contributed by atoms with Crippen LogP contribution in [-0.2, 0) is 35.1 Å². The SMILES string of the molecule is CC[C@H](C)[C@H](NC(=O)[C@H](CC(=O)O)NC(=O)[C@H](CCCN=C(N)N)NC(=O)[C@H](Cc1ccccc1)NC(=O)OC(C)(C)C)C(=O)C(C)(C)C. The molecule has 0 heterocycles. The van der Waals surface area contributed by atoms with Gasteiger partial charge >= 0.3 is 12.1 Å². The lowest BCUT2D eigenvalue weighted by atomic mass is 9.81. The van der Waals surface area contributed by atoms with E-state index in [2.05, 4.69) is 26.3 Å². The highest BCUT2D eigenvalue weighted by molar-refractivity contribution is 5.98. The maximum absolute atomic E-state index is 13.7. The summed E-state index contributed by atoms with van der Waals surface area (Å²) in [6, 6.07) is 3.88. The van der Waals surface area contributed by atoms with Gasteiger partial charge in [0.2, 0.25) is 17.7 Å². The van der Waals surface area contributed by atoms with Crippen LogP contribution in [0.3, 0.4) is 0 Å². The van der Waals surface area contributed by atoms with Gasteiger partial charge < -0.3 is 42.6 Å². The van der Waals surface area contributed by atoms with E-state index in [-0.39, 0.29) is 43.5 Å². The van der Waals surface area contributed by atoms with Crippen LogP contribution in [-0.4, -0.2) is 82.9 Å². The van der Waals surface area contributed by atoms with Gasteiger partial charge in [-0.15, -0.1) is 0 Å². The molecule has 1 rings (SSSR count). The van der Waals surface area contributed by atoms with Crippen molar-refractivity contribution in [2.45, 2.75) is 117 Å². The van der Waals surface area contributed by atoms with Crippen molar-refractivity contribution >= 4 is 41.5 Å². The Bertz CT molecular complexity index is 1320. The van der Waals surface area contributed by atoms with Gasteiger partial charge in [-0.25, -0.2) is 4.79 Å². The normalized spacial score (nSPS) is 14.5. The fourth-order valence-electron chi connectivity index (χ4n) is 4.63. The minimum absolute atomic E-state index is 0.0156. The number of rotatable bonds is 18. The molecule has 4 amide bonds. The van der Waals surface area contributed by atoms with E-state index >= 15 is 0 Å². The Kier molecular flexibility index (Phi) is 16.7. The zero-order chi connectivity index (χ0) is 37.5. The van der Waals surface area contributed by atoms with Crippen LogP contribution < -0.4 is 32.7 Å². The largest absolute Gasteiger partial charge is 0.481 e. The predicted molar refractivity (Wildman–Crippen MR) is 185 cm³/mol. The Hall–Kier alpha value is -4.69. The van der Waals surface area contributed by atoms with E-state index in [1.807, 2.05) is 6.92 Å². The van der Waals surface area contributed by atoms with Crippen molar-refractivity contribution in [3.8, 4) is 0 Å². The number of amides is 4. The van der Waals surface area contributed by atoms with Gasteiger partial charge in [0.1, 0.15) is 23.7 Å². The van der Waals surface area contributed by atoms with Gasteiger partial charge in [0.05, 0.1) is 12.5 Å². The quantitative estimate of drug-likeness (QED) is 0.0669. The molecule has 0 aliphatic heterocycles. The van der Waals surface area contributed by atoms with Crippen molar-refractivity contribution in [1.29, 1.82) is 0 Å². The van der Waals surface area contributed by atoms with Crippen molar-refractivity contribution < 1.29 is 38.6 Å². The first kappa shape index (κ1) is 42.3. The van der Waals surface area contributed by atoms with Crippen molar-refractivity contribution in [1.82, 2.24) is 21.3 Å². The molecule has 0 aromatic heterocycles. The number of guanidine groups is 1. The van der Waals surface area contributed by atoms with Gasteiger partial charge in [0, 0.05) is 18.4 Å². The first-order valence-corrected chi connectivity index (χ1v) is 16.4. The average molecular weight is 690 g/mol. The van der Waals surface area contributed by atoms with Crippen molar-refractivity contribution in [3.05, 3.63) is 35.9 Å². The molecule has 0 saturated carbocycles. The highest BCUT2D eigenvalue weighted by Crippen LogP contribution is 2.22. The lowest BCUT2D eigenvalue weighted by molar-refractivity contribution is -0.142. The van der Waals surface area contributed by atoms with Crippen LogP contribution in [0.4, 0.5) is 4.79 Å². The third-order valence-electron chi connectivity index (χ3n) is 7.41. The van der Waals surface area contributed by atoms with Crippen molar-refractivity contribution in [2.75, 3.05) is 6.54 Å². The number of hydrogen-bond acceptors (Lipinski definition) is 8. The topological polar surface area (TPSA) is 244 Å². The second-order valence-electron chi connectivity index (χ2n) is 14.0. The number of benzene rings is 1. The molecular weight excluding hydrogens is 634 g/mol. The predicted octanol–water partition coefficient (Wildman–Crippen LogP) is 1.77. The molecule has 15 nitrogen and oxygen atoms in total. The second-order valence-corrected chi connectivity index (χ2v) is 14.0. The number of ketones is 1. The van der Waals surface area contributed by atoms with E-state index in [9.17, 15) is 33.9 Å². The Morgan fingerprint density at radius 1 is 0.837 bits per heavy atom. The van der Waals surface area contributed by atoms with Crippen LogP contribution in [0.25, 0.3) is 0 Å². The summed E-state index contributed by atoms with van der Waals surface area (Å²) >= 11 is 0. The fourth-order valence-corrected chi connectivity index (χ4v) is 4.63. The third kappa shape index (κ3) is 16.3. The molecule has 0 spiro atoms. The molecule has 0 saturated heterocycles. The lowest BCUT2D eigenvalue weighted by Crippen LogP contribution is -2.59. The summed E-state index contributed by atoms with van der Waals surface area (Å²) in [5.74, 6) is -4.53. The molecule has 0 bridgehead atoms. The zero-order valence-electron chi connectivity index (χ0n) is 29.9. The van der Waals surface area contributed by atoms with E-state index in [4.69, 9.17) is 16.2 Å². The zero-order valence-corrected chi connectivity index (χ0v) is 29.9.